The fraction of sp³-hybridized carbons (Fsp3) is 0.462. The number of halogens is 1. The first-order chi connectivity index (χ1) is 8.29. The normalized spacial score (nSPS) is 16.6. The van der Waals surface area contributed by atoms with Crippen LogP contribution in [-0.2, 0) is 4.74 Å². The summed E-state index contributed by atoms with van der Waals surface area (Å²) in [6.07, 6.45) is 1.34. The fourth-order valence-electron chi connectivity index (χ4n) is 1.74. The monoisotopic (exact) mass is 271 g/mol. The first-order valence-electron chi connectivity index (χ1n) is 5.88. The van der Waals surface area contributed by atoms with Crippen LogP contribution >= 0.6 is 12.4 Å². The number of fused-ring (bicyclic) bond motifs is 1. The molecule has 0 amide bonds. The molecular formula is C13H18ClNO3. The molecule has 100 valence electrons. The van der Waals surface area contributed by atoms with Gasteiger partial charge in [0.15, 0.2) is 17.4 Å². The molecule has 4 nitrogen and oxygen atoms in total. The SMILES string of the molecule is CCOC(=N)CCC1COc2ccccc2O1.Cl. The summed E-state index contributed by atoms with van der Waals surface area (Å²) in [6.45, 7) is 2.96. The minimum absolute atomic E-state index is 0. The van der Waals surface area contributed by atoms with E-state index < -0.39 is 0 Å². The Kier molecular flexibility index (Phi) is 5.78. The van der Waals surface area contributed by atoms with E-state index in [9.17, 15) is 0 Å². The second kappa shape index (κ2) is 7.11. The van der Waals surface area contributed by atoms with Gasteiger partial charge in [-0.2, -0.15) is 0 Å². The average molecular weight is 272 g/mol. The first-order valence-corrected chi connectivity index (χ1v) is 5.88. The molecule has 0 bridgehead atoms. The van der Waals surface area contributed by atoms with Crippen LogP contribution in [0.2, 0.25) is 0 Å². The highest BCUT2D eigenvalue weighted by Gasteiger charge is 2.20. The summed E-state index contributed by atoms with van der Waals surface area (Å²) in [5, 5.41) is 7.53. The Labute approximate surface area is 113 Å². The lowest BCUT2D eigenvalue weighted by molar-refractivity contribution is 0.0851. The Hall–Kier alpha value is -1.42. The highest BCUT2D eigenvalue weighted by atomic mass is 35.5. The molecule has 1 aromatic rings. The maximum atomic E-state index is 7.53. The molecule has 2 rings (SSSR count). The predicted molar refractivity (Wildman–Crippen MR) is 72.2 cm³/mol. The molecule has 0 fully saturated rings. The molecule has 18 heavy (non-hydrogen) atoms. The third-order valence-electron chi connectivity index (χ3n) is 2.58. The number of nitrogens with one attached hydrogen (secondary N) is 1. The van der Waals surface area contributed by atoms with Gasteiger partial charge in [-0.1, -0.05) is 12.1 Å². The zero-order valence-corrected chi connectivity index (χ0v) is 11.2. The molecule has 1 aromatic carbocycles. The summed E-state index contributed by atoms with van der Waals surface area (Å²) in [5.41, 5.74) is 0. The quantitative estimate of drug-likeness (QED) is 0.676. The fourth-order valence-corrected chi connectivity index (χ4v) is 1.74. The number of ether oxygens (including phenoxy) is 3. The van der Waals surface area contributed by atoms with Gasteiger partial charge in [-0.15, -0.1) is 12.4 Å². The van der Waals surface area contributed by atoms with Gasteiger partial charge in [-0.05, 0) is 25.5 Å². The summed E-state index contributed by atoms with van der Waals surface area (Å²) in [5.74, 6) is 1.89. The lowest BCUT2D eigenvalue weighted by atomic mass is 10.2. The zero-order chi connectivity index (χ0) is 12.1. The van der Waals surface area contributed by atoms with E-state index in [2.05, 4.69) is 0 Å². The molecule has 1 N–H and O–H groups in total. The second-order valence-electron chi connectivity index (χ2n) is 3.89. The van der Waals surface area contributed by atoms with Crippen molar-refractivity contribution in [3.05, 3.63) is 24.3 Å². The Balaban J connectivity index is 0.00000162. The number of para-hydroxylation sites is 2. The number of hydrogen-bond acceptors (Lipinski definition) is 4. The molecular weight excluding hydrogens is 254 g/mol. The Morgan fingerprint density at radius 2 is 2.11 bits per heavy atom. The Bertz CT molecular complexity index is 398. The maximum absolute atomic E-state index is 7.53. The predicted octanol–water partition coefficient (Wildman–Crippen LogP) is 3.04. The number of benzene rings is 1. The van der Waals surface area contributed by atoms with Crippen LogP contribution in [0.4, 0.5) is 0 Å². The highest BCUT2D eigenvalue weighted by molar-refractivity contribution is 5.85. The van der Waals surface area contributed by atoms with Crippen LogP contribution in [0, 0.1) is 5.41 Å². The van der Waals surface area contributed by atoms with E-state index in [0.29, 0.717) is 25.5 Å². The van der Waals surface area contributed by atoms with Gasteiger partial charge in [0, 0.05) is 6.42 Å². The third-order valence-corrected chi connectivity index (χ3v) is 2.58. The van der Waals surface area contributed by atoms with Gasteiger partial charge in [0.05, 0.1) is 6.61 Å². The number of hydrogen-bond donors (Lipinski definition) is 1. The summed E-state index contributed by atoms with van der Waals surface area (Å²) < 4.78 is 16.5. The van der Waals surface area contributed by atoms with Crippen molar-refractivity contribution in [3.63, 3.8) is 0 Å². The van der Waals surface area contributed by atoms with E-state index in [1.165, 1.54) is 0 Å². The minimum atomic E-state index is 0. The smallest absolute Gasteiger partial charge is 0.180 e. The van der Waals surface area contributed by atoms with Gasteiger partial charge in [-0.25, -0.2) is 0 Å². The molecule has 0 spiro atoms. The van der Waals surface area contributed by atoms with Crippen molar-refractivity contribution in [1.29, 1.82) is 5.41 Å². The van der Waals surface area contributed by atoms with Crippen LogP contribution < -0.4 is 9.47 Å². The largest absolute Gasteiger partial charge is 0.486 e. The summed E-state index contributed by atoms with van der Waals surface area (Å²) in [4.78, 5) is 0. The van der Waals surface area contributed by atoms with Crippen LogP contribution in [-0.4, -0.2) is 25.2 Å². The van der Waals surface area contributed by atoms with Gasteiger partial charge >= 0.3 is 0 Å². The zero-order valence-electron chi connectivity index (χ0n) is 10.3. The van der Waals surface area contributed by atoms with Gasteiger partial charge < -0.3 is 14.2 Å². The van der Waals surface area contributed by atoms with Gasteiger partial charge in [-0.3, -0.25) is 5.41 Å². The van der Waals surface area contributed by atoms with E-state index in [-0.39, 0.29) is 18.5 Å². The number of rotatable bonds is 4. The van der Waals surface area contributed by atoms with E-state index in [0.717, 1.165) is 17.9 Å². The van der Waals surface area contributed by atoms with Gasteiger partial charge in [0.1, 0.15) is 12.7 Å². The summed E-state index contributed by atoms with van der Waals surface area (Å²) >= 11 is 0. The molecule has 0 aromatic heterocycles. The van der Waals surface area contributed by atoms with Crippen molar-refractivity contribution in [3.8, 4) is 11.5 Å². The van der Waals surface area contributed by atoms with Gasteiger partial charge in [0.2, 0.25) is 0 Å². The molecule has 0 saturated carbocycles. The molecule has 1 heterocycles. The lowest BCUT2D eigenvalue weighted by Gasteiger charge is -2.26. The first kappa shape index (κ1) is 14.6. The van der Waals surface area contributed by atoms with E-state index >= 15 is 0 Å². The second-order valence-corrected chi connectivity index (χ2v) is 3.89. The molecule has 0 radical (unpaired) electrons. The van der Waals surface area contributed by atoms with Crippen LogP contribution in [0.15, 0.2) is 24.3 Å². The third kappa shape index (κ3) is 3.81. The average Bonchev–Trinajstić information content (AvgIpc) is 2.36. The minimum Gasteiger partial charge on any atom is -0.486 e. The molecule has 1 atom stereocenters. The molecule has 5 heteroatoms. The van der Waals surface area contributed by atoms with Crippen molar-refractivity contribution >= 4 is 18.3 Å². The van der Waals surface area contributed by atoms with Crippen LogP contribution in [0.1, 0.15) is 19.8 Å². The molecule has 1 unspecified atom stereocenters. The van der Waals surface area contributed by atoms with Crippen LogP contribution in [0.25, 0.3) is 0 Å². The standard InChI is InChI=1S/C13H17NO3.ClH/c1-2-15-13(14)8-7-10-9-16-11-5-3-4-6-12(11)17-10;/h3-6,10,14H,2,7-9H2,1H3;1H. The van der Waals surface area contributed by atoms with E-state index in [1.807, 2.05) is 31.2 Å². The topological polar surface area (TPSA) is 51.5 Å². The van der Waals surface area contributed by atoms with E-state index in [4.69, 9.17) is 19.6 Å². The lowest BCUT2D eigenvalue weighted by Crippen LogP contribution is -2.29. The van der Waals surface area contributed by atoms with Crippen molar-refractivity contribution in [2.75, 3.05) is 13.2 Å². The van der Waals surface area contributed by atoms with Crippen LogP contribution in [0.3, 0.4) is 0 Å². The maximum Gasteiger partial charge on any atom is 0.180 e. The van der Waals surface area contributed by atoms with Crippen molar-refractivity contribution in [2.45, 2.75) is 25.9 Å². The Morgan fingerprint density at radius 1 is 1.39 bits per heavy atom. The van der Waals surface area contributed by atoms with E-state index in [1.54, 1.807) is 0 Å². The molecule has 0 saturated heterocycles. The van der Waals surface area contributed by atoms with Crippen LogP contribution in [0.5, 0.6) is 11.5 Å². The van der Waals surface area contributed by atoms with Crippen molar-refractivity contribution in [1.82, 2.24) is 0 Å². The molecule has 1 aliphatic rings. The highest BCUT2D eigenvalue weighted by Crippen LogP contribution is 2.31. The molecule has 1 aliphatic heterocycles. The summed E-state index contributed by atoms with van der Waals surface area (Å²) in [7, 11) is 0. The van der Waals surface area contributed by atoms with Crippen molar-refractivity contribution < 1.29 is 14.2 Å². The van der Waals surface area contributed by atoms with Crippen molar-refractivity contribution in [2.24, 2.45) is 0 Å². The molecule has 0 aliphatic carbocycles. The Morgan fingerprint density at radius 3 is 2.83 bits per heavy atom. The summed E-state index contributed by atoms with van der Waals surface area (Å²) in [6, 6.07) is 7.64. The van der Waals surface area contributed by atoms with Gasteiger partial charge in [0.25, 0.3) is 0 Å².